The standard InChI is InChI=1S/C16H20N2O5/c1-16(2)10-6-9(4-5-11(10)17(3)15(16)22)14(21)18-7-12(19)13(20)8-23-18/h4-6,12-13,19-20H,7-8H2,1-3H3/t12-,13+/m1/s1. The van der Waals surface area contributed by atoms with E-state index in [0.29, 0.717) is 5.56 Å². The van der Waals surface area contributed by atoms with Crippen LogP contribution >= 0.6 is 0 Å². The summed E-state index contributed by atoms with van der Waals surface area (Å²) in [7, 11) is 1.71. The van der Waals surface area contributed by atoms with E-state index in [1.807, 2.05) is 13.8 Å². The van der Waals surface area contributed by atoms with Crippen molar-refractivity contribution >= 4 is 17.5 Å². The monoisotopic (exact) mass is 320 g/mol. The van der Waals surface area contributed by atoms with Gasteiger partial charge in [0, 0.05) is 18.3 Å². The summed E-state index contributed by atoms with van der Waals surface area (Å²) < 4.78 is 0. The Labute approximate surface area is 134 Å². The molecule has 0 radical (unpaired) electrons. The number of hydrogen-bond donors (Lipinski definition) is 2. The third-order valence-electron chi connectivity index (χ3n) is 4.54. The van der Waals surface area contributed by atoms with Crippen LogP contribution in [0.1, 0.15) is 29.8 Å². The van der Waals surface area contributed by atoms with E-state index >= 15 is 0 Å². The maximum Gasteiger partial charge on any atom is 0.277 e. The predicted octanol–water partition coefficient (Wildman–Crippen LogP) is 0.0498. The molecular formula is C16H20N2O5. The van der Waals surface area contributed by atoms with E-state index in [1.165, 1.54) is 0 Å². The van der Waals surface area contributed by atoms with Crippen LogP contribution in [-0.2, 0) is 15.0 Å². The van der Waals surface area contributed by atoms with Crippen molar-refractivity contribution in [3.05, 3.63) is 29.3 Å². The van der Waals surface area contributed by atoms with Gasteiger partial charge in [-0.3, -0.25) is 14.4 Å². The van der Waals surface area contributed by atoms with E-state index < -0.39 is 23.5 Å². The number of nitrogens with zero attached hydrogens (tertiary/aromatic N) is 2. The van der Waals surface area contributed by atoms with Gasteiger partial charge in [0.15, 0.2) is 0 Å². The fourth-order valence-corrected chi connectivity index (χ4v) is 3.01. The summed E-state index contributed by atoms with van der Waals surface area (Å²) in [6, 6.07) is 5.07. The summed E-state index contributed by atoms with van der Waals surface area (Å²) >= 11 is 0. The second-order valence-corrected chi connectivity index (χ2v) is 6.52. The first kappa shape index (κ1) is 15.9. The van der Waals surface area contributed by atoms with Crippen molar-refractivity contribution < 1.29 is 24.6 Å². The molecule has 23 heavy (non-hydrogen) atoms. The summed E-state index contributed by atoms with van der Waals surface area (Å²) in [5.74, 6) is -0.429. The zero-order valence-electron chi connectivity index (χ0n) is 13.3. The molecule has 2 aliphatic rings. The van der Waals surface area contributed by atoms with Crippen LogP contribution in [-0.4, -0.2) is 59.5 Å². The Balaban J connectivity index is 1.90. The molecule has 0 spiro atoms. The third kappa shape index (κ3) is 2.41. The Morgan fingerprint density at radius 3 is 2.65 bits per heavy atom. The molecule has 0 bridgehead atoms. The SMILES string of the molecule is CN1C(=O)C(C)(C)c2cc(C(=O)N3C[C@@H](O)[C@@H](O)CO3)ccc21. The fraction of sp³-hybridized carbons (Fsp3) is 0.500. The first-order chi connectivity index (χ1) is 10.7. The van der Waals surface area contributed by atoms with Gasteiger partial charge in [-0.2, -0.15) is 0 Å². The number of aliphatic hydroxyl groups is 2. The quantitative estimate of drug-likeness (QED) is 0.763. The van der Waals surface area contributed by atoms with E-state index in [9.17, 15) is 19.8 Å². The fourth-order valence-electron chi connectivity index (χ4n) is 3.01. The molecule has 0 saturated carbocycles. The Bertz CT molecular complexity index is 672. The summed E-state index contributed by atoms with van der Waals surface area (Å²) in [5.41, 5.74) is 1.25. The summed E-state index contributed by atoms with van der Waals surface area (Å²) in [4.78, 5) is 31.6. The lowest BCUT2D eigenvalue weighted by molar-refractivity contribution is -0.212. The molecule has 2 N–H and O–H groups in total. The molecule has 2 aliphatic heterocycles. The summed E-state index contributed by atoms with van der Waals surface area (Å²) in [5, 5.41) is 20.2. The van der Waals surface area contributed by atoms with Crippen LogP contribution in [0.2, 0.25) is 0 Å². The van der Waals surface area contributed by atoms with Crippen LogP contribution in [0.3, 0.4) is 0 Å². The molecule has 7 nitrogen and oxygen atoms in total. The molecule has 0 aromatic heterocycles. The Morgan fingerprint density at radius 1 is 1.30 bits per heavy atom. The summed E-state index contributed by atoms with van der Waals surface area (Å²) in [6.07, 6.45) is -2.03. The van der Waals surface area contributed by atoms with Gasteiger partial charge < -0.3 is 15.1 Å². The number of benzene rings is 1. The average Bonchev–Trinajstić information content (AvgIpc) is 2.70. The highest BCUT2D eigenvalue weighted by Gasteiger charge is 2.42. The Hall–Kier alpha value is -1.96. The lowest BCUT2D eigenvalue weighted by Crippen LogP contribution is -2.50. The van der Waals surface area contributed by atoms with E-state index in [2.05, 4.69) is 0 Å². The number of amides is 2. The molecule has 3 rings (SSSR count). The van der Waals surface area contributed by atoms with Gasteiger partial charge in [-0.25, -0.2) is 5.06 Å². The van der Waals surface area contributed by atoms with E-state index in [0.717, 1.165) is 16.3 Å². The lowest BCUT2D eigenvalue weighted by atomic mass is 9.85. The molecule has 0 unspecified atom stereocenters. The third-order valence-corrected chi connectivity index (χ3v) is 4.54. The number of hydrogen-bond acceptors (Lipinski definition) is 5. The van der Waals surface area contributed by atoms with E-state index in [1.54, 1.807) is 30.1 Å². The highest BCUT2D eigenvalue weighted by Crippen LogP contribution is 2.41. The van der Waals surface area contributed by atoms with Crippen LogP contribution in [0.4, 0.5) is 5.69 Å². The van der Waals surface area contributed by atoms with Crippen molar-refractivity contribution in [3.63, 3.8) is 0 Å². The van der Waals surface area contributed by atoms with Crippen LogP contribution in [0, 0.1) is 0 Å². The predicted molar refractivity (Wildman–Crippen MR) is 81.9 cm³/mol. The van der Waals surface area contributed by atoms with Crippen molar-refractivity contribution in [1.82, 2.24) is 5.06 Å². The normalized spacial score (nSPS) is 26.4. The first-order valence-electron chi connectivity index (χ1n) is 7.47. The van der Waals surface area contributed by atoms with Gasteiger partial charge in [-0.1, -0.05) is 0 Å². The van der Waals surface area contributed by atoms with Crippen LogP contribution in [0.5, 0.6) is 0 Å². The minimum atomic E-state index is -1.04. The number of rotatable bonds is 1. The number of fused-ring (bicyclic) bond motifs is 1. The first-order valence-corrected chi connectivity index (χ1v) is 7.47. The van der Waals surface area contributed by atoms with Crippen molar-refractivity contribution in [3.8, 4) is 0 Å². The minimum absolute atomic E-state index is 0.0233. The van der Waals surface area contributed by atoms with Gasteiger partial charge >= 0.3 is 0 Å². The van der Waals surface area contributed by atoms with Crippen molar-refractivity contribution in [2.45, 2.75) is 31.5 Å². The molecule has 124 valence electrons. The largest absolute Gasteiger partial charge is 0.388 e. The number of likely N-dealkylation sites (N-methyl/N-ethyl adjacent to an activating group) is 1. The molecule has 1 saturated heterocycles. The molecular weight excluding hydrogens is 300 g/mol. The molecule has 1 aromatic carbocycles. The molecule has 7 heteroatoms. The van der Waals surface area contributed by atoms with Gasteiger partial charge in [0.1, 0.15) is 18.8 Å². The van der Waals surface area contributed by atoms with Gasteiger partial charge in [-0.15, -0.1) is 0 Å². The molecule has 1 fully saturated rings. The molecule has 2 atom stereocenters. The van der Waals surface area contributed by atoms with Crippen LogP contribution < -0.4 is 4.90 Å². The summed E-state index contributed by atoms with van der Waals surface area (Å²) in [6.45, 7) is 3.41. The van der Waals surface area contributed by atoms with E-state index in [4.69, 9.17) is 4.84 Å². The minimum Gasteiger partial charge on any atom is -0.388 e. The number of anilines is 1. The second kappa shape index (κ2) is 5.30. The molecule has 2 heterocycles. The highest BCUT2D eigenvalue weighted by molar-refractivity contribution is 6.08. The van der Waals surface area contributed by atoms with Gasteiger partial charge in [0.05, 0.1) is 12.0 Å². The lowest BCUT2D eigenvalue weighted by Gasteiger charge is -2.32. The number of carbonyl (C=O) groups is 2. The zero-order valence-corrected chi connectivity index (χ0v) is 13.3. The number of aliphatic hydroxyl groups excluding tert-OH is 2. The van der Waals surface area contributed by atoms with Crippen molar-refractivity contribution in [2.24, 2.45) is 0 Å². The van der Waals surface area contributed by atoms with Gasteiger partial charge in [0.2, 0.25) is 5.91 Å². The van der Waals surface area contributed by atoms with Crippen LogP contribution in [0.25, 0.3) is 0 Å². The maximum atomic E-state index is 12.5. The molecule has 2 amide bonds. The zero-order chi connectivity index (χ0) is 16.9. The average molecular weight is 320 g/mol. The van der Waals surface area contributed by atoms with Gasteiger partial charge in [0.25, 0.3) is 5.91 Å². The number of hydroxylamine groups is 2. The maximum absolute atomic E-state index is 12.5. The molecule has 1 aromatic rings. The molecule has 0 aliphatic carbocycles. The van der Waals surface area contributed by atoms with Crippen LogP contribution in [0.15, 0.2) is 18.2 Å². The Kier molecular flexibility index (Phi) is 3.66. The van der Waals surface area contributed by atoms with Gasteiger partial charge in [-0.05, 0) is 37.6 Å². The van der Waals surface area contributed by atoms with Crippen molar-refractivity contribution in [1.29, 1.82) is 0 Å². The van der Waals surface area contributed by atoms with E-state index in [-0.39, 0.29) is 19.1 Å². The smallest absolute Gasteiger partial charge is 0.277 e. The Morgan fingerprint density at radius 2 is 2.00 bits per heavy atom. The topological polar surface area (TPSA) is 90.3 Å². The highest BCUT2D eigenvalue weighted by atomic mass is 16.7. The number of β-amino-alcohol motifs (C(OH)–C–C–N with tert-alkyl or cyclic N) is 1. The second-order valence-electron chi connectivity index (χ2n) is 6.52. The number of carbonyl (C=O) groups excluding carboxylic acids is 2. The van der Waals surface area contributed by atoms with Crippen molar-refractivity contribution in [2.75, 3.05) is 25.1 Å².